The smallest absolute Gasteiger partial charge is 0.269 e. The Bertz CT molecular complexity index is 1080. The lowest BCUT2D eigenvalue weighted by Crippen LogP contribution is -3.00. The monoisotopic (exact) mass is 1110 g/mol. The predicted octanol–water partition coefficient (Wildman–Crippen LogP) is 1.84. The van der Waals surface area contributed by atoms with Gasteiger partial charge in [0.25, 0.3) is 11.4 Å². The molecule has 2 heterocycles. The molecule has 0 saturated carbocycles. The number of rotatable bonds is 16. The van der Waals surface area contributed by atoms with Crippen LogP contribution in [0.1, 0.15) is 19.3 Å². The second kappa shape index (κ2) is 26.0. The average molecular weight is 1120 g/mol. The third-order valence-corrected chi connectivity index (χ3v) is 6.65. The molecule has 0 bridgehead atoms. The minimum absolute atomic E-state index is 0. The number of nitrogens with one attached hydrogen (secondary N) is 2. The molecule has 2 N–H and O–H groups in total. The molecule has 0 aliphatic carbocycles. The molecular weight excluding hydrogens is 1080 g/mol. The number of non-ortho nitro benzene ring substituents is 2. The molecule has 0 spiro atoms. The first-order valence-corrected chi connectivity index (χ1v) is 26.1. The Labute approximate surface area is 323 Å². The molecule has 45 heavy (non-hydrogen) atoms. The van der Waals surface area contributed by atoms with Crippen molar-refractivity contribution in [3.8, 4) is 0 Å². The highest BCUT2D eigenvalue weighted by atomic mass is 128. The third kappa shape index (κ3) is 17.1. The van der Waals surface area contributed by atoms with Gasteiger partial charge in [-0.1, -0.05) is 0 Å². The summed E-state index contributed by atoms with van der Waals surface area (Å²) in [4.78, 5) is 30.0. The van der Waals surface area contributed by atoms with Crippen LogP contribution in [-0.2, 0) is 0 Å². The van der Waals surface area contributed by atoms with Gasteiger partial charge in [0.1, 0.15) is 0 Å². The summed E-state index contributed by atoms with van der Waals surface area (Å²) in [6.07, 6.45) is 11.7. The van der Waals surface area contributed by atoms with Gasteiger partial charge in [-0.3, -0.25) is 20.2 Å². The van der Waals surface area contributed by atoms with Crippen LogP contribution < -0.4 is 35.4 Å². The molecule has 0 aromatic heterocycles. The van der Waals surface area contributed by atoms with E-state index in [1.54, 1.807) is 24.3 Å². The molecule has 2 aliphatic rings. The molecule has 2 aliphatic heterocycles. The molecule has 12 nitrogen and oxygen atoms in total. The average Bonchev–Trinajstić information content (AvgIpc) is 3.69. The van der Waals surface area contributed by atoms with Gasteiger partial charge < -0.3 is 55.0 Å². The third-order valence-electron chi connectivity index (χ3n) is 6.65. The van der Waals surface area contributed by atoms with E-state index in [1.165, 1.54) is 24.3 Å². The van der Waals surface area contributed by atoms with Gasteiger partial charge in [0.05, 0.1) is 23.2 Å². The number of nitro groups is 2. The predicted molar refractivity (Wildman–Crippen MR) is 208 cm³/mol. The van der Waals surface area contributed by atoms with Gasteiger partial charge in [-0.05, 0) is 43.5 Å². The highest BCUT2D eigenvalue weighted by Gasteiger charge is 2.14. The molecule has 4 rings (SSSR count). The van der Waals surface area contributed by atoms with Crippen molar-refractivity contribution in [1.82, 2.24) is 19.6 Å². The molecule has 2 aromatic carbocycles. The van der Waals surface area contributed by atoms with Crippen molar-refractivity contribution < 1.29 is 34.7 Å². The van der Waals surface area contributed by atoms with Crippen molar-refractivity contribution in [2.45, 2.75) is 19.3 Å². The zero-order valence-electron chi connectivity index (χ0n) is 24.3. The summed E-state index contributed by atoms with van der Waals surface area (Å²) in [6.45, 7) is 7.36. The van der Waals surface area contributed by atoms with E-state index >= 15 is 0 Å². The number of halogens is 6. The van der Waals surface area contributed by atoms with Crippen LogP contribution in [0.15, 0.2) is 73.3 Å². The second-order valence-electron chi connectivity index (χ2n) is 9.65. The van der Waals surface area contributed by atoms with Crippen molar-refractivity contribution in [1.29, 1.82) is 0 Å². The Morgan fingerprint density at radius 2 is 0.844 bits per heavy atom. The van der Waals surface area contributed by atoms with Crippen LogP contribution in [0.25, 0.3) is 0 Å². The van der Waals surface area contributed by atoms with Gasteiger partial charge >= 0.3 is 0 Å². The van der Waals surface area contributed by atoms with Crippen LogP contribution >= 0.6 is 74.5 Å². The minimum atomic E-state index is -0.388. The van der Waals surface area contributed by atoms with E-state index in [9.17, 15) is 20.2 Å². The number of nitro benzene ring substituents is 2. The van der Waals surface area contributed by atoms with Gasteiger partial charge in [-0.2, -0.15) is 0 Å². The number of hydrogen-bond donors (Lipinski definition) is 2. The molecule has 2 aromatic rings. The molecular formula is C27H36Cl2I4N8O4-2. The van der Waals surface area contributed by atoms with Crippen LogP contribution in [0.5, 0.6) is 0 Å². The fourth-order valence-electron chi connectivity index (χ4n) is 4.52. The highest BCUT2D eigenvalue weighted by Crippen LogP contribution is 2.17. The van der Waals surface area contributed by atoms with Gasteiger partial charge in [-0.25, -0.2) is 0 Å². The van der Waals surface area contributed by atoms with Crippen molar-refractivity contribution in [3.63, 3.8) is 0 Å². The molecule has 0 fully saturated rings. The summed E-state index contributed by atoms with van der Waals surface area (Å²) < 4.78 is 0. The van der Waals surface area contributed by atoms with Crippen LogP contribution in [0, 0.1) is 20.2 Å². The Kier molecular flexibility index (Phi) is 25.5. The van der Waals surface area contributed by atoms with Crippen LogP contribution in [0.4, 0.5) is 22.7 Å². The molecule has 0 saturated heterocycles. The quantitative estimate of drug-likeness (QED) is 0.112. The largest absolute Gasteiger partial charge is 1.00 e. The van der Waals surface area contributed by atoms with Crippen molar-refractivity contribution in [3.05, 3.63) is 93.6 Å². The Morgan fingerprint density at radius 1 is 0.556 bits per heavy atom. The van der Waals surface area contributed by atoms with E-state index in [4.69, 9.17) is 0 Å². The van der Waals surface area contributed by atoms with E-state index < -0.39 is 0 Å². The van der Waals surface area contributed by atoms with Crippen molar-refractivity contribution in [2.24, 2.45) is 0 Å². The van der Waals surface area contributed by atoms with E-state index in [1.807, 2.05) is 0 Å². The first kappa shape index (κ1) is 44.0. The number of benzene rings is 2. The highest BCUT2D eigenvalue weighted by molar-refractivity contribution is 15.0. The second-order valence-corrected chi connectivity index (χ2v) is 9.65. The van der Waals surface area contributed by atoms with Gasteiger partial charge in [0, 0.05) is 174 Å². The Balaban J connectivity index is 0.00000310. The van der Waals surface area contributed by atoms with E-state index in [0.717, 1.165) is 83.2 Å². The van der Waals surface area contributed by atoms with Crippen LogP contribution in [0.3, 0.4) is 0 Å². The van der Waals surface area contributed by atoms with Gasteiger partial charge in [0.2, 0.25) is 0 Å². The van der Waals surface area contributed by atoms with Gasteiger partial charge in [0.15, 0.2) is 0 Å². The summed E-state index contributed by atoms with van der Waals surface area (Å²) in [5, 5.41) is 28.1. The number of hydrogen-bond acceptors (Lipinski definition) is 10. The minimum Gasteiger partial charge on any atom is -1.00 e. The van der Waals surface area contributed by atoms with E-state index in [2.05, 4.69) is 129 Å². The topological polar surface area (TPSA) is 123 Å². The maximum Gasteiger partial charge on any atom is 0.269 e. The van der Waals surface area contributed by atoms with Crippen LogP contribution in [-0.4, -0.2) is 82.1 Å². The van der Waals surface area contributed by atoms with Crippen molar-refractivity contribution >= 4 is 97.2 Å². The lowest BCUT2D eigenvalue weighted by Gasteiger charge is -2.24. The van der Waals surface area contributed by atoms with Crippen molar-refractivity contribution in [2.75, 3.05) is 63.2 Å². The van der Waals surface area contributed by atoms with E-state index in [-0.39, 0.29) is 46.0 Å². The molecule has 18 heteroatoms. The lowest BCUT2D eigenvalue weighted by molar-refractivity contribution is -0.385. The summed E-state index contributed by atoms with van der Waals surface area (Å²) >= 11 is 8.48. The molecule has 0 unspecified atom stereocenters. The molecule has 0 amide bonds. The summed E-state index contributed by atoms with van der Waals surface area (Å²) in [5.41, 5.74) is 2.00. The zero-order chi connectivity index (χ0) is 31.5. The fraction of sp³-hybridized carbons (Fsp3) is 0.407. The van der Waals surface area contributed by atoms with Crippen LogP contribution in [0.2, 0.25) is 0 Å². The Morgan fingerprint density at radius 3 is 1.13 bits per heavy atom. The lowest BCUT2D eigenvalue weighted by atomic mass is 10.3. The Hall–Kier alpha value is -0.980. The molecule has 0 atom stereocenters. The van der Waals surface area contributed by atoms with Gasteiger partial charge in [-0.15, -0.1) is 0 Å². The summed E-state index contributed by atoms with van der Waals surface area (Å²) in [6, 6.07) is 13.0. The first-order chi connectivity index (χ1) is 21.0. The molecule has 252 valence electrons. The van der Waals surface area contributed by atoms with E-state index in [0.29, 0.717) is 0 Å². The normalized spacial score (nSPS) is 12.7. The summed E-state index contributed by atoms with van der Waals surface area (Å²) in [5.74, 6) is 0. The summed E-state index contributed by atoms with van der Waals surface area (Å²) in [7, 11) is 0. The standard InChI is InChI=1S/C27H36N8O4.2ClH.2I2/c36-34(37)26-8-4-24(5-9-26)28-12-1-14-30-18-20-32(22-30)16-3-17-33-21-19-31(23-33)15-2-13-29-25-6-10-27(11-7-25)35(38)39;;;2*1-2/h4-11,18-21,28-29H,1-3,12-17,22-23H2;2*1H;;/p-2. The number of nitrogens with zero attached hydrogens (tertiary/aromatic N) is 6. The first-order valence-electron chi connectivity index (χ1n) is 13.5. The number of anilines is 2. The fourth-order valence-corrected chi connectivity index (χ4v) is 4.52. The maximum absolute atomic E-state index is 10.7. The SMILES string of the molecule is II.II.O=[N+]([O-])c1ccc(NCCCN2C=CN(CCCN3C=CN(CCCNc4ccc([N+](=O)[O-])cc4)C3)C2)cc1.[Cl-].[Cl-]. The zero-order valence-corrected chi connectivity index (χ0v) is 34.4. The molecule has 0 radical (unpaired) electrons. The maximum atomic E-state index is 10.7.